The van der Waals surface area contributed by atoms with Gasteiger partial charge in [0.1, 0.15) is 0 Å². The molecular formula is C16H20N2O. The fraction of sp³-hybridized carbons (Fsp3) is 0.312. The Bertz CT molecular complexity index is 590. The molecule has 0 heterocycles. The van der Waals surface area contributed by atoms with E-state index in [1.807, 2.05) is 26.0 Å². The van der Waals surface area contributed by atoms with Crippen molar-refractivity contribution in [1.82, 2.24) is 5.32 Å². The number of amides is 1. The average Bonchev–Trinajstić information content (AvgIpc) is 2.35. The van der Waals surface area contributed by atoms with Gasteiger partial charge in [-0.25, -0.2) is 0 Å². The maximum absolute atomic E-state index is 11.0. The van der Waals surface area contributed by atoms with Gasteiger partial charge in [-0.2, -0.15) is 0 Å². The molecule has 2 aromatic carbocycles. The van der Waals surface area contributed by atoms with Crippen LogP contribution in [-0.4, -0.2) is 11.4 Å². The highest BCUT2D eigenvalue weighted by Crippen LogP contribution is 2.16. The number of nitrogens with two attached hydrogens (primary N) is 1. The lowest BCUT2D eigenvalue weighted by molar-refractivity contribution is -0.119. The van der Waals surface area contributed by atoms with E-state index in [1.54, 1.807) is 0 Å². The lowest BCUT2D eigenvalue weighted by Gasteiger charge is -2.25. The number of primary amides is 1. The quantitative estimate of drug-likeness (QED) is 0.864. The van der Waals surface area contributed by atoms with Crippen LogP contribution in [0.1, 0.15) is 25.8 Å². The van der Waals surface area contributed by atoms with E-state index in [9.17, 15) is 4.79 Å². The Morgan fingerprint density at radius 1 is 1.16 bits per heavy atom. The first kappa shape index (κ1) is 13.6. The fourth-order valence-electron chi connectivity index (χ4n) is 2.19. The molecule has 0 fully saturated rings. The standard InChI is InChI=1S/C16H20N2O/c1-16(2,10-15(17)19)18-11-12-7-8-13-5-3-4-6-14(13)9-12/h3-9,18H,10-11H2,1-2H3,(H2,17,19). The van der Waals surface area contributed by atoms with Gasteiger partial charge in [0.2, 0.25) is 5.91 Å². The predicted octanol–water partition coefficient (Wildman–Crippen LogP) is 2.58. The summed E-state index contributed by atoms with van der Waals surface area (Å²) in [6.45, 7) is 4.70. The van der Waals surface area contributed by atoms with Crippen LogP contribution in [0.2, 0.25) is 0 Å². The molecule has 0 aromatic heterocycles. The number of hydrogen-bond acceptors (Lipinski definition) is 2. The van der Waals surface area contributed by atoms with E-state index in [0.29, 0.717) is 6.42 Å². The molecule has 2 aromatic rings. The molecule has 0 aliphatic heterocycles. The van der Waals surface area contributed by atoms with E-state index in [0.717, 1.165) is 6.54 Å². The van der Waals surface area contributed by atoms with E-state index in [2.05, 4.69) is 35.6 Å². The van der Waals surface area contributed by atoms with Gasteiger partial charge in [-0.15, -0.1) is 0 Å². The minimum absolute atomic E-state index is 0.280. The normalized spacial score (nSPS) is 11.7. The molecule has 0 saturated carbocycles. The SMILES string of the molecule is CC(C)(CC(N)=O)NCc1ccc2ccccc2c1. The minimum atomic E-state index is -0.281. The fourth-order valence-corrected chi connectivity index (χ4v) is 2.19. The smallest absolute Gasteiger partial charge is 0.219 e. The van der Waals surface area contributed by atoms with Crippen molar-refractivity contribution < 1.29 is 4.79 Å². The van der Waals surface area contributed by atoms with Gasteiger partial charge in [0.05, 0.1) is 0 Å². The van der Waals surface area contributed by atoms with Crippen molar-refractivity contribution in [3.8, 4) is 0 Å². The van der Waals surface area contributed by atoms with Crippen LogP contribution in [0.3, 0.4) is 0 Å². The molecule has 0 saturated heterocycles. The zero-order valence-electron chi connectivity index (χ0n) is 11.4. The maximum atomic E-state index is 11.0. The third-order valence-electron chi connectivity index (χ3n) is 3.20. The molecule has 0 atom stereocenters. The topological polar surface area (TPSA) is 55.1 Å². The molecule has 19 heavy (non-hydrogen) atoms. The molecule has 0 spiro atoms. The van der Waals surface area contributed by atoms with Gasteiger partial charge in [-0.05, 0) is 36.2 Å². The third kappa shape index (κ3) is 3.80. The van der Waals surface area contributed by atoms with Gasteiger partial charge in [-0.1, -0.05) is 36.4 Å². The Balaban J connectivity index is 2.07. The van der Waals surface area contributed by atoms with E-state index >= 15 is 0 Å². The average molecular weight is 256 g/mol. The Hall–Kier alpha value is -1.87. The lowest BCUT2D eigenvalue weighted by Crippen LogP contribution is -2.42. The van der Waals surface area contributed by atoms with Crippen LogP contribution in [0.15, 0.2) is 42.5 Å². The maximum Gasteiger partial charge on any atom is 0.219 e. The molecule has 3 N–H and O–H groups in total. The first-order valence-corrected chi connectivity index (χ1v) is 6.47. The van der Waals surface area contributed by atoms with Gasteiger partial charge >= 0.3 is 0 Å². The minimum Gasteiger partial charge on any atom is -0.370 e. The van der Waals surface area contributed by atoms with Crippen LogP contribution >= 0.6 is 0 Å². The zero-order valence-corrected chi connectivity index (χ0v) is 11.4. The van der Waals surface area contributed by atoms with Crippen LogP contribution < -0.4 is 11.1 Å². The Kier molecular flexibility index (Phi) is 3.86. The van der Waals surface area contributed by atoms with Gasteiger partial charge in [0, 0.05) is 18.5 Å². The summed E-state index contributed by atoms with van der Waals surface area (Å²) in [7, 11) is 0. The van der Waals surface area contributed by atoms with Crippen molar-refractivity contribution in [2.45, 2.75) is 32.4 Å². The number of carbonyl (C=O) groups is 1. The number of nitrogens with one attached hydrogen (secondary N) is 1. The summed E-state index contributed by atoms with van der Waals surface area (Å²) in [6, 6.07) is 14.7. The summed E-state index contributed by atoms with van der Waals surface area (Å²) in [5.74, 6) is -0.281. The highest BCUT2D eigenvalue weighted by Gasteiger charge is 2.19. The molecule has 1 amide bonds. The summed E-state index contributed by atoms with van der Waals surface area (Å²) >= 11 is 0. The molecule has 100 valence electrons. The summed E-state index contributed by atoms with van der Waals surface area (Å²) in [6.07, 6.45) is 0.334. The van der Waals surface area contributed by atoms with E-state index < -0.39 is 0 Å². The zero-order chi connectivity index (χ0) is 13.9. The summed E-state index contributed by atoms with van der Waals surface area (Å²) in [5.41, 5.74) is 6.17. The van der Waals surface area contributed by atoms with Crippen LogP contribution in [0, 0.1) is 0 Å². The molecule has 0 radical (unpaired) electrons. The largest absolute Gasteiger partial charge is 0.370 e. The Morgan fingerprint density at radius 2 is 1.84 bits per heavy atom. The number of rotatable bonds is 5. The third-order valence-corrected chi connectivity index (χ3v) is 3.20. The second-order valence-electron chi connectivity index (χ2n) is 5.56. The first-order valence-electron chi connectivity index (χ1n) is 6.47. The number of hydrogen-bond donors (Lipinski definition) is 2. The van der Waals surface area contributed by atoms with Gasteiger partial charge in [0.25, 0.3) is 0 Å². The summed E-state index contributed by atoms with van der Waals surface area (Å²) < 4.78 is 0. The predicted molar refractivity (Wildman–Crippen MR) is 78.7 cm³/mol. The molecule has 0 aliphatic rings. The molecule has 0 aliphatic carbocycles. The number of benzene rings is 2. The van der Waals surface area contributed by atoms with Crippen molar-refractivity contribution in [3.63, 3.8) is 0 Å². The van der Waals surface area contributed by atoms with Gasteiger partial charge in [-0.3, -0.25) is 4.79 Å². The molecular weight excluding hydrogens is 236 g/mol. The monoisotopic (exact) mass is 256 g/mol. The van der Waals surface area contributed by atoms with Crippen LogP contribution in [0.25, 0.3) is 10.8 Å². The van der Waals surface area contributed by atoms with Gasteiger partial charge in [0.15, 0.2) is 0 Å². The van der Waals surface area contributed by atoms with Crippen LogP contribution in [-0.2, 0) is 11.3 Å². The van der Waals surface area contributed by atoms with Gasteiger partial charge < -0.3 is 11.1 Å². The molecule has 3 nitrogen and oxygen atoms in total. The highest BCUT2D eigenvalue weighted by atomic mass is 16.1. The molecule has 3 heteroatoms. The number of fused-ring (bicyclic) bond motifs is 1. The van der Waals surface area contributed by atoms with Crippen molar-refractivity contribution in [2.75, 3.05) is 0 Å². The Labute approximate surface area is 113 Å². The molecule has 0 bridgehead atoms. The second-order valence-corrected chi connectivity index (χ2v) is 5.56. The van der Waals surface area contributed by atoms with Crippen molar-refractivity contribution in [3.05, 3.63) is 48.0 Å². The van der Waals surface area contributed by atoms with Crippen molar-refractivity contribution in [2.24, 2.45) is 5.73 Å². The van der Waals surface area contributed by atoms with Crippen LogP contribution in [0.5, 0.6) is 0 Å². The highest BCUT2D eigenvalue weighted by molar-refractivity contribution is 5.83. The number of carbonyl (C=O) groups excluding carboxylic acids is 1. The lowest BCUT2D eigenvalue weighted by atomic mass is 9.99. The van der Waals surface area contributed by atoms with Crippen LogP contribution in [0.4, 0.5) is 0 Å². The van der Waals surface area contributed by atoms with Crippen molar-refractivity contribution >= 4 is 16.7 Å². The van der Waals surface area contributed by atoms with Crippen molar-refractivity contribution in [1.29, 1.82) is 0 Å². The van der Waals surface area contributed by atoms with E-state index in [-0.39, 0.29) is 11.4 Å². The molecule has 0 unspecified atom stereocenters. The Morgan fingerprint density at radius 3 is 2.53 bits per heavy atom. The summed E-state index contributed by atoms with van der Waals surface area (Å²) in [4.78, 5) is 11.0. The van der Waals surface area contributed by atoms with E-state index in [1.165, 1.54) is 16.3 Å². The second kappa shape index (κ2) is 5.41. The summed E-state index contributed by atoms with van der Waals surface area (Å²) in [5, 5.41) is 5.84. The first-order chi connectivity index (χ1) is 8.96. The molecule has 2 rings (SSSR count). The van der Waals surface area contributed by atoms with E-state index in [4.69, 9.17) is 5.73 Å².